The van der Waals surface area contributed by atoms with Crippen molar-refractivity contribution in [1.82, 2.24) is 0 Å². The van der Waals surface area contributed by atoms with E-state index in [0.717, 1.165) is 12.8 Å². The summed E-state index contributed by atoms with van der Waals surface area (Å²) in [6.07, 6.45) is 0.106. The van der Waals surface area contributed by atoms with Gasteiger partial charge in [-0.1, -0.05) is 26.2 Å². The average Bonchev–Trinajstić information content (AvgIpc) is 2.15. The highest BCUT2D eigenvalue weighted by molar-refractivity contribution is 7.31. The molecule has 0 spiro atoms. The molecule has 0 saturated heterocycles. The molecule has 3 atom stereocenters. The summed E-state index contributed by atoms with van der Waals surface area (Å²) in [5.41, 5.74) is 0. The van der Waals surface area contributed by atoms with Crippen molar-refractivity contribution in [2.24, 2.45) is 0 Å². The summed E-state index contributed by atoms with van der Waals surface area (Å²) in [6, 6.07) is 0. The van der Waals surface area contributed by atoms with Crippen molar-refractivity contribution >= 4 is 7.68 Å². The van der Waals surface area contributed by atoms with Gasteiger partial charge in [-0.15, -0.1) is 0 Å². The number of rotatable bonds is 7. The minimum absolute atomic E-state index is 0.301. The van der Waals surface area contributed by atoms with Gasteiger partial charge in [-0.05, 0) is 6.42 Å². The third-order valence-corrected chi connectivity index (χ3v) is 2.76. The highest BCUT2D eigenvalue weighted by Crippen LogP contribution is 2.19. The van der Waals surface area contributed by atoms with Gasteiger partial charge in [-0.3, -0.25) is 0 Å². The molecule has 3 unspecified atom stereocenters. The van der Waals surface area contributed by atoms with Crippen molar-refractivity contribution in [3.8, 4) is 0 Å². The maximum Gasteiger partial charge on any atom is 0.347 e. The van der Waals surface area contributed by atoms with Crippen LogP contribution in [0.15, 0.2) is 0 Å². The highest BCUT2D eigenvalue weighted by atomic mass is 31.1. The van der Waals surface area contributed by atoms with Crippen molar-refractivity contribution in [3.63, 3.8) is 0 Å². The van der Waals surface area contributed by atoms with Crippen LogP contribution in [-0.2, 0) is 9.13 Å². The lowest BCUT2D eigenvalue weighted by Crippen LogP contribution is -2.34. The lowest BCUT2D eigenvalue weighted by molar-refractivity contribution is -0.0341. The van der Waals surface area contributed by atoms with Crippen LogP contribution in [0.5, 0.6) is 0 Å². The van der Waals surface area contributed by atoms with E-state index in [0.29, 0.717) is 12.8 Å². The van der Waals surface area contributed by atoms with Gasteiger partial charge >= 0.3 is 7.68 Å². The first kappa shape index (κ1) is 13.8. The highest BCUT2D eigenvalue weighted by Gasteiger charge is 2.27. The molecule has 0 amide bonds. The van der Waals surface area contributed by atoms with Crippen LogP contribution in [0.3, 0.4) is 0 Å². The summed E-state index contributed by atoms with van der Waals surface area (Å²) in [6.45, 7) is 1.99. The average molecular weight is 224 g/mol. The van der Waals surface area contributed by atoms with E-state index in [1.807, 2.05) is 6.92 Å². The molecule has 0 aliphatic carbocycles. The number of aliphatic hydroxyl groups is 3. The van der Waals surface area contributed by atoms with Crippen LogP contribution in [0.4, 0.5) is 0 Å². The van der Waals surface area contributed by atoms with Crippen molar-refractivity contribution in [2.75, 3.05) is 0 Å². The van der Waals surface area contributed by atoms with Crippen LogP contribution in [0, 0.1) is 0 Å². The predicted octanol–water partition coefficient (Wildman–Crippen LogP) is 0.780. The molecule has 3 N–H and O–H groups in total. The lowest BCUT2D eigenvalue weighted by Gasteiger charge is -2.18. The largest absolute Gasteiger partial charge is 0.390 e. The van der Waals surface area contributed by atoms with Crippen molar-refractivity contribution in [3.05, 3.63) is 0 Å². The molecule has 14 heavy (non-hydrogen) atoms. The summed E-state index contributed by atoms with van der Waals surface area (Å²) in [7, 11) is -3.11. The van der Waals surface area contributed by atoms with Gasteiger partial charge in [0.05, 0.1) is 6.10 Å². The van der Waals surface area contributed by atoms with Gasteiger partial charge in [0.15, 0.2) is 5.85 Å². The molecule has 0 bridgehead atoms. The smallest absolute Gasteiger partial charge is 0.347 e. The van der Waals surface area contributed by atoms with Crippen molar-refractivity contribution in [2.45, 2.75) is 50.7 Å². The number of hydrogen-bond acceptors (Lipinski definition) is 5. The number of hydrogen-bond donors (Lipinski definition) is 3. The molecule has 0 aromatic carbocycles. The maximum absolute atomic E-state index is 10.3. The minimum Gasteiger partial charge on any atom is -0.390 e. The van der Waals surface area contributed by atoms with E-state index in [9.17, 15) is 19.3 Å². The Morgan fingerprint density at radius 1 is 1.14 bits per heavy atom. The van der Waals surface area contributed by atoms with Gasteiger partial charge in [0, 0.05) is 0 Å². The van der Waals surface area contributed by atoms with E-state index in [-0.39, 0.29) is 0 Å². The van der Waals surface area contributed by atoms with Crippen LogP contribution < -0.4 is 0 Å². The van der Waals surface area contributed by atoms with Gasteiger partial charge < -0.3 is 15.3 Å². The predicted molar refractivity (Wildman–Crippen MR) is 50.5 cm³/mol. The molecular formula is C8H17O5P. The second kappa shape index (κ2) is 7.12. The Balaban J connectivity index is 3.91. The molecular weight excluding hydrogens is 207 g/mol. The lowest BCUT2D eigenvalue weighted by atomic mass is 10.1. The van der Waals surface area contributed by atoms with E-state index < -0.39 is 25.7 Å². The molecule has 6 heteroatoms. The number of unbranched alkanes of at least 4 members (excludes halogenated alkanes) is 2. The van der Waals surface area contributed by atoms with Gasteiger partial charge in [-0.25, -0.2) is 9.13 Å². The molecule has 0 aromatic rings. The second-order valence-corrected chi connectivity index (χ2v) is 4.35. The standard InChI is InChI=1S/C8H17O5P/c1-2-3-4-5-6(9)7(10)8(11)14(12)13/h6-11H,2-5H2,1H3. The quantitative estimate of drug-likeness (QED) is 0.438. The molecule has 0 aliphatic heterocycles. The summed E-state index contributed by atoms with van der Waals surface area (Å²) < 4.78 is 20.6. The van der Waals surface area contributed by atoms with Gasteiger partial charge in [0.2, 0.25) is 0 Å². The van der Waals surface area contributed by atoms with Gasteiger partial charge in [0.1, 0.15) is 6.10 Å². The SMILES string of the molecule is CCCCCC(O)C(O)C(O)P(=O)=O. The van der Waals surface area contributed by atoms with E-state index in [4.69, 9.17) is 5.11 Å². The third kappa shape index (κ3) is 4.86. The van der Waals surface area contributed by atoms with Crippen molar-refractivity contribution in [1.29, 1.82) is 0 Å². The van der Waals surface area contributed by atoms with E-state index in [2.05, 4.69) is 0 Å². The Bertz CT molecular complexity index is 208. The first-order valence-corrected chi connectivity index (χ1v) is 5.93. The Morgan fingerprint density at radius 2 is 1.71 bits per heavy atom. The fraction of sp³-hybridized carbons (Fsp3) is 1.00. The minimum atomic E-state index is -3.11. The van der Waals surface area contributed by atoms with Crippen LogP contribution in [-0.4, -0.2) is 33.4 Å². The molecule has 84 valence electrons. The Morgan fingerprint density at radius 3 is 2.14 bits per heavy atom. The maximum atomic E-state index is 10.3. The Kier molecular flexibility index (Phi) is 7.01. The zero-order valence-corrected chi connectivity index (χ0v) is 9.06. The summed E-state index contributed by atoms with van der Waals surface area (Å²) in [5, 5.41) is 27.4. The topological polar surface area (TPSA) is 94.8 Å². The molecule has 0 radical (unpaired) electrons. The Hall–Kier alpha value is -0.220. The van der Waals surface area contributed by atoms with E-state index in [1.54, 1.807) is 0 Å². The zero-order valence-electron chi connectivity index (χ0n) is 8.17. The molecule has 0 aromatic heterocycles. The monoisotopic (exact) mass is 224 g/mol. The van der Waals surface area contributed by atoms with Crippen LogP contribution >= 0.6 is 7.68 Å². The van der Waals surface area contributed by atoms with E-state index >= 15 is 0 Å². The first-order valence-electron chi connectivity index (χ1n) is 4.68. The molecule has 0 aliphatic rings. The summed E-state index contributed by atoms with van der Waals surface area (Å²) in [4.78, 5) is 0. The molecule has 0 saturated carbocycles. The zero-order chi connectivity index (χ0) is 11.1. The van der Waals surface area contributed by atoms with Crippen LogP contribution in [0.25, 0.3) is 0 Å². The third-order valence-electron chi connectivity index (χ3n) is 2.02. The fourth-order valence-corrected chi connectivity index (χ4v) is 1.55. The van der Waals surface area contributed by atoms with Crippen molar-refractivity contribution < 1.29 is 24.4 Å². The normalized spacial score (nSPS) is 17.4. The molecule has 5 nitrogen and oxygen atoms in total. The van der Waals surface area contributed by atoms with E-state index in [1.165, 1.54) is 0 Å². The van der Waals surface area contributed by atoms with Crippen LogP contribution in [0.1, 0.15) is 32.6 Å². The summed E-state index contributed by atoms with van der Waals surface area (Å²) in [5.74, 6) is -1.87. The van der Waals surface area contributed by atoms with Gasteiger partial charge in [-0.2, -0.15) is 0 Å². The van der Waals surface area contributed by atoms with Gasteiger partial charge in [0.25, 0.3) is 0 Å². The molecule has 0 heterocycles. The Labute approximate surface area is 83.6 Å². The first-order chi connectivity index (χ1) is 6.50. The molecule has 0 fully saturated rings. The second-order valence-electron chi connectivity index (χ2n) is 3.25. The summed E-state index contributed by atoms with van der Waals surface area (Å²) >= 11 is 0. The molecule has 0 rings (SSSR count). The van der Waals surface area contributed by atoms with Crippen LogP contribution in [0.2, 0.25) is 0 Å². The number of aliphatic hydroxyl groups excluding tert-OH is 3. The fourth-order valence-electron chi connectivity index (χ4n) is 1.10.